The summed E-state index contributed by atoms with van der Waals surface area (Å²) >= 11 is 0. The molecule has 96 valence electrons. The third-order valence-electron chi connectivity index (χ3n) is 2.69. The average Bonchev–Trinajstić information content (AvgIpc) is 2.47. The van der Waals surface area contributed by atoms with Crippen LogP contribution in [0.3, 0.4) is 0 Å². The maximum atomic E-state index is 4.49. The van der Waals surface area contributed by atoms with Gasteiger partial charge in [0.05, 0.1) is 12.6 Å². The second-order valence-corrected chi connectivity index (χ2v) is 4.44. The van der Waals surface area contributed by atoms with Crippen LogP contribution in [0.25, 0.3) is 0 Å². The molecule has 0 aromatic heterocycles. The summed E-state index contributed by atoms with van der Waals surface area (Å²) in [6.45, 7) is 2.78. The molecule has 2 heteroatoms. The van der Waals surface area contributed by atoms with Crippen LogP contribution in [0.15, 0.2) is 70.6 Å². The molecule has 0 aliphatic rings. The van der Waals surface area contributed by atoms with Crippen LogP contribution in [0.2, 0.25) is 0 Å². The molecule has 2 aromatic carbocycles. The molecule has 0 amide bonds. The monoisotopic (exact) mass is 250 g/mol. The van der Waals surface area contributed by atoms with Crippen molar-refractivity contribution < 1.29 is 0 Å². The highest BCUT2D eigenvalue weighted by Gasteiger charge is 1.95. The minimum Gasteiger partial charge on any atom is -0.290 e. The van der Waals surface area contributed by atoms with Crippen LogP contribution < -0.4 is 0 Å². The lowest BCUT2D eigenvalue weighted by Crippen LogP contribution is -2.03. The van der Waals surface area contributed by atoms with Gasteiger partial charge in [0.25, 0.3) is 0 Å². The molecular weight excluding hydrogens is 232 g/mol. The third-order valence-corrected chi connectivity index (χ3v) is 2.69. The van der Waals surface area contributed by atoms with Crippen LogP contribution in [0.4, 0.5) is 0 Å². The Kier molecular flexibility index (Phi) is 5.06. The Morgan fingerprint density at radius 3 is 1.95 bits per heavy atom. The second kappa shape index (κ2) is 7.27. The first-order valence-corrected chi connectivity index (χ1v) is 6.48. The van der Waals surface area contributed by atoms with E-state index in [4.69, 9.17) is 0 Å². The molecule has 19 heavy (non-hydrogen) atoms. The largest absolute Gasteiger partial charge is 0.290 e. The molecule has 2 rings (SSSR count). The molecule has 2 aromatic rings. The van der Waals surface area contributed by atoms with E-state index in [9.17, 15) is 0 Å². The fourth-order valence-corrected chi connectivity index (χ4v) is 1.65. The first kappa shape index (κ1) is 13.2. The summed E-state index contributed by atoms with van der Waals surface area (Å²) in [4.78, 5) is 8.90. The van der Waals surface area contributed by atoms with E-state index in [1.54, 1.807) is 0 Å². The number of hydrogen-bond donors (Lipinski definition) is 0. The zero-order valence-corrected chi connectivity index (χ0v) is 11.1. The number of benzene rings is 2. The molecule has 1 atom stereocenters. The summed E-state index contributed by atoms with van der Waals surface area (Å²) in [5.41, 5.74) is 2.25. The Balaban J connectivity index is 1.83. The van der Waals surface area contributed by atoms with Crippen LogP contribution in [0, 0.1) is 0 Å². The number of rotatable bonds is 5. The molecular formula is C17H18N2. The predicted molar refractivity (Wildman–Crippen MR) is 82.4 cm³/mol. The van der Waals surface area contributed by atoms with Gasteiger partial charge in [-0.3, -0.25) is 9.98 Å². The minimum absolute atomic E-state index is 0.195. The standard InChI is InChI=1S/C17H18N2/c1-15(19-14-17-10-6-3-7-11-17)12-18-13-16-8-4-2-5-9-16/h2-11,13-15H,12H2,1H3. The van der Waals surface area contributed by atoms with Crippen molar-refractivity contribution in [3.63, 3.8) is 0 Å². The van der Waals surface area contributed by atoms with Gasteiger partial charge in [-0.2, -0.15) is 0 Å². The quantitative estimate of drug-likeness (QED) is 0.724. The average molecular weight is 250 g/mol. The van der Waals surface area contributed by atoms with Crippen molar-refractivity contribution in [2.24, 2.45) is 9.98 Å². The molecule has 0 heterocycles. The predicted octanol–water partition coefficient (Wildman–Crippen LogP) is 3.61. The van der Waals surface area contributed by atoms with Gasteiger partial charge in [0.15, 0.2) is 0 Å². The molecule has 1 unspecified atom stereocenters. The second-order valence-electron chi connectivity index (χ2n) is 4.44. The number of hydrogen-bond acceptors (Lipinski definition) is 2. The summed E-state index contributed by atoms with van der Waals surface area (Å²) in [5, 5.41) is 0. The van der Waals surface area contributed by atoms with E-state index in [1.807, 2.05) is 73.1 Å². The summed E-state index contributed by atoms with van der Waals surface area (Å²) in [7, 11) is 0. The molecule has 0 aliphatic carbocycles. The Labute approximate surface area is 114 Å². The first-order chi connectivity index (χ1) is 9.34. The summed E-state index contributed by atoms with van der Waals surface area (Å²) < 4.78 is 0. The van der Waals surface area contributed by atoms with Crippen molar-refractivity contribution in [3.8, 4) is 0 Å². The molecule has 0 fully saturated rings. The van der Waals surface area contributed by atoms with Crippen LogP contribution in [-0.2, 0) is 0 Å². The van der Waals surface area contributed by atoms with Gasteiger partial charge in [-0.25, -0.2) is 0 Å². The fourth-order valence-electron chi connectivity index (χ4n) is 1.65. The van der Waals surface area contributed by atoms with E-state index in [0.29, 0.717) is 6.54 Å². The van der Waals surface area contributed by atoms with Crippen LogP contribution in [0.5, 0.6) is 0 Å². The van der Waals surface area contributed by atoms with E-state index < -0.39 is 0 Å². The highest BCUT2D eigenvalue weighted by molar-refractivity contribution is 5.80. The van der Waals surface area contributed by atoms with Gasteiger partial charge in [-0.05, 0) is 18.1 Å². The Bertz CT molecular complexity index is 530. The van der Waals surface area contributed by atoms with E-state index in [2.05, 4.69) is 16.9 Å². The number of aliphatic imine (C=N–C) groups is 2. The molecule has 0 bridgehead atoms. The Morgan fingerprint density at radius 1 is 0.842 bits per heavy atom. The molecule has 0 saturated heterocycles. The zero-order chi connectivity index (χ0) is 13.3. The van der Waals surface area contributed by atoms with Crippen molar-refractivity contribution >= 4 is 12.4 Å². The Morgan fingerprint density at radius 2 is 1.37 bits per heavy atom. The molecule has 0 aliphatic heterocycles. The van der Waals surface area contributed by atoms with Crippen LogP contribution >= 0.6 is 0 Å². The molecule has 0 N–H and O–H groups in total. The SMILES string of the molecule is CC(CN=Cc1ccccc1)N=Cc1ccccc1. The van der Waals surface area contributed by atoms with Gasteiger partial charge in [0, 0.05) is 12.4 Å². The molecule has 2 nitrogen and oxygen atoms in total. The number of nitrogens with zero attached hydrogens (tertiary/aromatic N) is 2. The highest BCUT2D eigenvalue weighted by Crippen LogP contribution is 1.98. The van der Waals surface area contributed by atoms with E-state index in [1.165, 1.54) is 0 Å². The van der Waals surface area contributed by atoms with Crippen LogP contribution in [0.1, 0.15) is 18.1 Å². The maximum Gasteiger partial charge on any atom is 0.0666 e. The minimum atomic E-state index is 0.195. The summed E-state index contributed by atoms with van der Waals surface area (Å²) in [5.74, 6) is 0. The zero-order valence-electron chi connectivity index (χ0n) is 11.1. The van der Waals surface area contributed by atoms with E-state index in [0.717, 1.165) is 11.1 Å². The van der Waals surface area contributed by atoms with E-state index >= 15 is 0 Å². The molecule has 0 saturated carbocycles. The smallest absolute Gasteiger partial charge is 0.0666 e. The highest BCUT2D eigenvalue weighted by atomic mass is 14.8. The first-order valence-electron chi connectivity index (χ1n) is 6.48. The van der Waals surface area contributed by atoms with Gasteiger partial charge < -0.3 is 0 Å². The topological polar surface area (TPSA) is 24.7 Å². The van der Waals surface area contributed by atoms with Crippen molar-refractivity contribution in [2.45, 2.75) is 13.0 Å². The van der Waals surface area contributed by atoms with Gasteiger partial charge in [0.2, 0.25) is 0 Å². The lowest BCUT2D eigenvalue weighted by atomic mass is 10.2. The Hall–Kier alpha value is -2.22. The van der Waals surface area contributed by atoms with Crippen molar-refractivity contribution in [3.05, 3.63) is 71.8 Å². The fraction of sp³-hybridized carbons (Fsp3) is 0.176. The van der Waals surface area contributed by atoms with Gasteiger partial charge in [-0.15, -0.1) is 0 Å². The van der Waals surface area contributed by atoms with Gasteiger partial charge in [0.1, 0.15) is 0 Å². The van der Waals surface area contributed by atoms with Crippen LogP contribution in [-0.4, -0.2) is 25.0 Å². The van der Waals surface area contributed by atoms with Crippen molar-refractivity contribution in [1.29, 1.82) is 0 Å². The van der Waals surface area contributed by atoms with Gasteiger partial charge >= 0.3 is 0 Å². The van der Waals surface area contributed by atoms with Crippen molar-refractivity contribution in [1.82, 2.24) is 0 Å². The summed E-state index contributed by atoms with van der Waals surface area (Å²) in [6.07, 6.45) is 3.80. The van der Waals surface area contributed by atoms with E-state index in [-0.39, 0.29) is 6.04 Å². The normalized spacial score (nSPS) is 13.1. The maximum absolute atomic E-state index is 4.49. The summed E-state index contributed by atoms with van der Waals surface area (Å²) in [6, 6.07) is 20.4. The third kappa shape index (κ3) is 4.88. The lowest BCUT2D eigenvalue weighted by Gasteiger charge is -2.01. The molecule has 0 spiro atoms. The molecule has 0 radical (unpaired) electrons. The van der Waals surface area contributed by atoms with Gasteiger partial charge in [-0.1, -0.05) is 60.7 Å². The van der Waals surface area contributed by atoms with Crippen molar-refractivity contribution in [2.75, 3.05) is 6.54 Å². The lowest BCUT2D eigenvalue weighted by molar-refractivity contribution is 0.761.